The number of aromatic nitrogens is 2. The molecular weight excluding hydrogens is 282 g/mol. The number of hydrogen-bond donors (Lipinski definition) is 1. The van der Waals surface area contributed by atoms with Crippen LogP contribution in [0.15, 0.2) is 40.1 Å². The average Bonchev–Trinajstić information content (AvgIpc) is 2.52. The molecule has 6 nitrogen and oxygen atoms in total. The van der Waals surface area contributed by atoms with E-state index < -0.39 is 0 Å². The first-order chi connectivity index (χ1) is 10.5. The summed E-state index contributed by atoms with van der Waals surface area (Å²) in [6.45, 7) is 1.59. The number of methoxy groups -OCH3 is 1. The van der Waals surface area contributed by atoms with Crippen LogP contribution in [0.3, 0.4) is 0 Å². The zero-order chi connectivity index (χ0) is 16.1. The van der Waals surface area contributed by atoms with Crippen molar-refractivity contribution in [3.8, 4) is 0 Å². The van der Waals surface area contributed by atoms with Gasteiger partial charge in [0.05, 0.1) is 6.61 Å². The van der Waals surface area contributed by atoms with E-state index in [0.29, 0.717) is 25.3 Å². The zero-order valence-electron chi connectivity index (χ0n) is 13.1. The maximum Gasteiger partial charge on any atom is 0.330 e. The van der Waals surface area contributed by atoms with Gasteiger partial charge in [-0.2, -0.15) is 0 Å². The van der Waals surface area contributed by atoms with Crippen molar-refractivity contribution in [2.45, 2.75) is 19.7 Å². The number of benzene rings is 1. The highest BCUT2D eigenvalue weighted by Crippen LogP contribution is 2.09. The molecular formula is C16H21N3O3. The number of nitrogens with one attached hydrogen (secondary N) is 1. The number of ether oxygens (including phenoxy) is 1. The number of rotatable bonds is 6. The summed E-state index contributed by atoms with van der Waals surface area (Å²) in [6, 6.07) is 7.99. The fourth-order valence-electron chi connectivity index (χ4n) is 2.36. The van der Waals surface area contributed by atoms with Crippen LogP contribution in [0.5, 0.6) is 0 Å². The molecule has 6 heteroatoms. The third kappa shape index (κ3) is 3.52. The Balaban J connectivity index is 2.09. The third-order valence-corrected chi connectivity index (χ3v) is 3.57. The van der Waals surface area contributed by atoms with Crippen LogP contribution in [0.4, 0.5) is 0 Å². The van der Waals surface area contributed by atoms with Crippen LogP contribution in [0.2, 0.25) is 0 Å². The molecule has 1 aromatic carbocycles. The van der Waals surface area contributed by atoms with Crippen molar-refractivity contribution in [2.24, 2.45) is 14.1 Å². The van der Waals surface area contributed by atoms with Crippen LogP contribution in [0.1, 0.15) is 16.7 Å². The van der Waals surface area contributed by atoms with Gasteiger partial charge in [0.25, 0.3) is 5.56 Å². The topological polar surface area (TPSA) is 65.3 Å². The lowest BCUT2D eigenvalue weighted by molar-refractivity contribution is 0.184. The molecule has 0 aliphatic heterocycles. The summed E-state index contributed by atoms with van der Waals surface area (Å²) in [7, 11) is 4.79. The van der Waals surface area contributed by atoms with Crippen molar-refractivity contribution in [3.63, 3.8) is 0 Å². The fraction of sp³-hybridized carbons (Fsp3) is 0.375. The van der Waals surface area contributed by atoms with Gasteiger partial charge in [-0.25, -0.2) is 4.79 Å². The van der Waals surface area contributed by atoms with Crippen molar-refractivity contribution in [1.29, 1.82) is 0 Å². The van der Waals surface area contributed by atoms with E-state index in [4.69, 9.17) is 4.74 Å². The Morgan fingerprint density at radius 1 is 1.05 bits per heavy atom. The largest absolute Gasteiger partial charge is 0.380 e. The Kier molecular flexibility index (Phi) is 5.30. The van der Waals surface area contributed by atoms with E-state index in [9.17, 15) is 9.59 Å². The molecule has 0 radical (unpaired) electrons. The molecule has 1 aromatic heterocycles. The first-order valence-electron chi connectivity index (χ1n) is 7.06. The molecule has 0 saturated carbocycles. The Bertz CT molecular complexity index is 762. The van der Waals surface area contributed by atoms with Gasteiger partial charge in [0.15, 0.2) is 0 Å². The van der Waals surface area contributed by atoms with Gasteiger partial charge in [0.2, 0.25) is 0 Å². The number of hydrogen-bond acceptors (Lipinski definition) is 4. The molecule has 0 spiro atoms. The quantitative estimate of drug-likeness (QED) is 0.845. The number of aryl methyl sites for hydroxylation is 1. The van der Waals surface area contributed by atoms with Gasteiger partial charge < -0.3 is 14.6 Å². The summed E-state index contributed by atoms with van der Waals surface area (Å²) in [5.41, 5.74) is 2.23. The minimum absolute atomic E-state index is 0.263. The summed E-state index contributed by atoms with van der Waals surface area (Å²) < 4.78 is 7.71. The summed E-state index contributed by atoms with van der Waals surface area (Å²) >= 11 is 0. The van der Waals surface area contributed by atoms with Crippen LogP contribution in [0.25, 0.3) is 0 Å². The maximum atomic E-state index is 12.0. The van der Waals surface area contributed by atoms with E-state index in [1.54, 1.807) is 20.4 Å². The Hall–Kier alpha value is -2.18. The lowest BCUT2D eigenvalue weighted by Gasteiger charge is -2.11. The molecule has 0 fully saturated rings. The molecule has 0 saturated heterocycles. The number of nitrogens with zero attached hydrogens (tertiary/aromatic N) is 2. The van der Waals surface area contributed by atoms with Crippen LogP contribution >= 0.6 is 0 Å². The summed E-state index contributed by atoms with van der Waals surface area (Å²) in [5.74, 6) is 0. The molecule has 118 valence electrons. The molecule has 1 N–H and O–H groups in total. The summed E-state index contributed by atoms with van der Waals surface area (Å²) in [6.07, 6.45) is 1.58. The highest BCUT2D eigenvalue weighted by atomic mass is 16.5. The molecule has 0 aliphatic carbocycles. The van der Waals surface area contributed by atoms with Gasteiger partial charge in [0, 0.05) is 46.1 Å². The monoisotopic (exact) mass is 303 g/mol. The Labute approximate surface area is 129 Å². The van der Waals surface area contributed by atoms with Crippen molar-refractivity contribution >= 4 is 0 Å². The summed E-state index contributed by atoms with van der Waals surface area (Å²) in [4.78, 5) is 23.7. The highest BCUT2D eigenvalue weighted by molar-refractivity contribution is 5.26. The molecule has 0 atom stereocenters. The van der Waals surface area contributed by atoms with Crippen molar-refractivity contribution in [3.05, 3.63) is 68.0 Å². The smallest absolute Gasteiger partial charge is 0.330 e. The van der Waals surface area contributed by atoms with Gasteiger partial charge in [0.1, 0.15) is 0 Å². The van der Waals surface area contributed by atoms with Gasteiger partial charge in [-0.05, 0) is 11.1 Å². The van der Waals surface area contributed by atoms with E-state index in [2.05, 4.69) is 5.32 Å². The lowest BCUT2D eigenvalue weighted by Crippen LogP contribution is -2.39. The van der Waals surface area contributed by atoms with Crippen LogP contribution in [-0.2, 0) is 38.5 Å². The van der Waals surface area contributed by atoms with Crippen molar-refractivity contribution < 1.29 is 4.74 Å². The van der Waals surface area contributed by atoms with E-state index in [1.807, 2.05) is 24.3 Å². The van der Waals surface area contributed by atoms with Gasteiger partial charge in [-0.3, -0.25) is 9.36 Å². The van der Waals surface area contributed by atoms with E-state index in [1.165, 1.54) is 11.6 Å². The normalized spacial score (nSPS) is 10.9. The van der Waals surface area contributed by atoms with E-state index in [-0.39, 0.29) is 11.2 Å². The van der Waals surface area contributed by atoms with Crippen molar-refractivity contribution in [1.82, 2.24) is 14.5 Å². The highest BCUT2D eigenvalue weighted by Gasteiger charge is 2.07. The molecule has 0 aliphatic rings. The lowest BCUT2D eigenvalue weighted by atomic mass is 10.1. The standard InChI is InChI=1S/C16H21N3O3/c1-18-10-14(15(20)19(2)16(18)21)9-17-8-12-6-4-5-7-13(12)11-22-3/h4-7,10,17H,8-9,11H2,1-3H3. The molecule has 0 bridgehead atoms. The SMILES string of the molecule is COCc1ccccc1CNCc1cn(C)c(=O)n(C)c1=O. The molecule has 22 heavy (non-hydrogen) atoms. The fourth-order valence-corrected chi connectivity index (χ4v) is 2.36. The van der Waals surface area contributed by atoms with Gasteiger partial charge in [-0.1, -0.05) is 24.3 Å². The minimum Gasteiger partial charge on any atom is -0.380 e. The molecule has 0 unspecified atom stereocenters. The minimum atomic E-state index is -0.320. The predicted octanol–water partition coefficient (Wildman–Crippen LogP) is 0.520. The average molecular weight is 303 g/mol. The zero-order valence-corrected chi connectivity index (χ0v) is 13.1. The van der Waals surface area contributed by atoms with Crippen molar-refractivity contribution in [2.75, 3.05) is 7.11 Å². The van der Waals surface area contributed by atoms with E-state index >= 15 is 0 Å². The van der Waals surface area contributed by atoms with Crippen LogP contribution < -0.4 is 16.6 Å². The first kappa shape index (κ1) is 16.2. The maximum absolute atomic E-state index is 12.0. The van der Waals surface area contributed by atoms with Gasteiger partial charge in [-0.15, -0.1) is 0 Å². The predicted molar refractivity (Wildman–Crippen MR) is 84.6 cm³/mol. The molecule has 2 rings (SSSR count). The first-order valence-corrected chi connectivity index (χ1v) is 7.06. The van der Waals surface area contributed by atoms with E-state index in [0.717, 1.165) is 15.7 Å². The van der Waals surface area contributed by atoms with Gasteiger partial charge >= 0.3 is 5.69 Å². The van der Waals surface area contributed by atoms with Crippen LogP contribution in [0, 0.1) is 0 Å². The third-order valence-electron chi connectivity index (χ3n) is 3.57. The second-order valence-electron chi connectivity index (χ2n) is 5.22. The second-order valence-corrected chi connectivity index (χ2v) is 5.22. The van der Waals surface area contributed by atoms with Crippen LogP contribution in [-0.4, -0.2) is 16.2 Å². The molecule has 2 aromatic rings. The molecule has 1 heterocycles. The molecule has 0 amide bonds. The Morgan fingerprint density at radius 2 is 1.68 bits per heavy atom. The summed E-state index contributed by atoms with van der Waals surface area (Å²) in [5, 5.41) is 3.25. The second kappa shape index (κ2) is 7.20. The Morgan fingerprint density at radius 3 is 2.36 bits per heavy atom.